The zero-order valence-corrected chi connectivity index (χ0v) is 24.5. The quantitative estimate of drug-likeness (QED) is 0.234. The van der Waals surface area contributed by atoms with Crippen molar-refractivity contribution in [3.8, 4) is 10.4 Å². The SMILES string of the molecule is CS[C@H]1C(c2ccc(C)c(Cc3ccc(-c4ccc(F)cc4)s3)c2)O[C@H](OC(C)=O)[C@@H](OC(C)=O)[C@@H]1OC(C)=O. The van der Waals surface area contributed by atoms with Crippen LogP contribution in [0.2, 0.25) is 0 Å². The Hall–Kier alpha value is -3.21. The van der Waals surface area contributed by atoms with Gasteiger partial charge in [-0.1, -0.05) is 30.3 Å². The number of thiophene rings is 1. The lowest BCUT2D eigenvalue weighted by molar-refractivity contribution is -0.266. The minimum absolute atomic E-state index is 0.271. The van der Waals surface area contributed by atoms with Gasteiger partial charge in [-0.25, -0.2) is 4.39 Å². The van der Waals surface area contributed by atoms with Crippen molar-refractivity contribution in [3.63, 3.8) is 0 Å². The first-order valence-corrected chi connectivity index (χ1v) is 14.8. The number of ether oxygens (including phenoxy) is 4. The van der Waals surface area contributed by atoms with Gasteiger partial charge in [-0.05, 0) is 59.7 Å². The zero-order valence-electron chi connectivity index (χ0n) is 22.8. The van der Waals surface area contributed by atoms with E-state index in [2.05, 4.69) is 6.07 Å². The topological polar surface area (TPSA) is 88.1 Å². The molecule has 7 nitrogen and oxygen atoms in total. The van der Waals surface area contributed by atoms with E-state index in [4.69, 9.17) is 18.9 Å². The molecule has 1 aliphatic rings. The Morgan fingerprint density at radius 1 is 0.900 bits per heavy atom. The van der Waals surface area contributed by atoms with Gasteiger partial charge < -0.3 is 18.9 Å². The fraction of sp³-hybridized carbons (Fsp3) is 0.367. The third-order valence-corrected chi connectivity index (χ3v) is 8.70. The molecule has 2 heterocycles. The monoisotopic (exact) mass is 586 g/mol. The third kappa shape index (κ3) is 7.10. The molecule has 3 aromatic rings. The van der Waals surface area contributed by atoms with E-state index in [9.17, 15) is 18.8 Å². The van der Waals surface area contributed by atoms with Crippen molar-refractivity contribution in [1.82, 2.24) is 0 Å². The molecular weight excluding hydrogens is 555 g/mol. The van der Waals surface area contributed by atoms with Crippen molar-refractivity contribution in [2.24, 2.45) is 0 Å². The minimum atomic E-state index is -1.26. The fourth-order valence-corrected chi connectivity index (χ4v) is 6.71. The van der Waals surface area contributed by atoms with Crippen LogP contribution in [0.3, 0.4) is 0 Å². The number of carbonyl (C=O) groups is 3. The first kappa shape index (κ1) is 29.8. The number of aryl methyl sites for hydroxylation is 1. The van der Waals surface area contributed by atoms with Gasteiger partial charge >= 0.3 is 17.9 Å². The normalized spacial score (nSPS) is 22.4. The minimum Gasteiger partial charge on any atom is -0.457 e. The van der Waals surface area contributed by atoms with Gasteiger partial charge in [-0.15, -0.1) is 11.3 Å². The summed E-state index contributed by atoms with van der Waals surface area (Å²) in [5.74, 6) is -2.06. The fourth-order valence-electron chi connectivity index (χ4n) is 4.73. The van der Waals surface area contributed by atoms with Crippen LogP contribution in [0.15, 0.2) is 54.6 Å². The summed E-state index contributed by atoms with van der Waals surface area (Å²) in [7, 11) is 0. The van der Waals surface area contributed by atoms with E-state index in [-0.39, 0.29) is 5.82 Å². The van der Waals surface area contributed by atoms with Crippen molar-refractivity contribution in [3.05, 3.63) is 82.0 Å². The Bertz CT molecular complexity index is 1370. The van der Waals surface area contributed by atoms with Gasteiger partial charge in [0.25, 0.3) is 0 Å². The van der Waals surface area contributed by atoms with E-state index >= 15 is 0 Å². The number of benzene rings is 2. The highest BCUT2D eigenvalue weighted by atomic mass is 32.2. The number of esters is 3. The van der Waals surface area contributed by atoms with Crippen molar-refractivity contribution in [2.75, 3.05) is 6.26 Å². The van der Waals surface area contributed by atoms with Crippen molar-refractivity contribution in [1.29, 1.82) is 0 Å². The molecule has 0 radical (unpaired) electrons. The van der Waals surface area contributed by atoms with Gasteiger partial charge in [0, 0.05) is 36.9 Å². The molecule has 5 atom stereocenters. The largest absolute Gasteiger partial charge is 0.457 e. The molecule has 0 aliphatic carbocycles. The van der Waals surface area contributed by atoms with Gasteiger partial charge in [0.15, 0.2) is 6.10 Å². The number of hydrogen-bond acceptors (Lipinski definition) is 9. The molecule has 212 valence electrons. The molecule has 0 spiro atoms. The average molecular weight is 587 g/mol. The van der Waals surface area contributed by atoms with Crippen molar-refractivity contribution in [2.45, 2.75) is 64.0 Å². The summed E-state index contributed by atoms with van der Waals surface area (Å²) >= 11 is 3.05. The molecule has 2 aromatic carbocycles. The van der Waals surface area contributed by atoms with Crippen molar-refractivity contribution < 1.29 is 37.7 Å². The van der Waals surface area contributed by atoms with Crippen LogP contribution in [0.5, 0.6) is 0 Å². The van der Waals surface area contributed by atoms with Gasteiger partial charge in [-0.3, -0.25) is 14.4 Å². The maximum absolute atomic E-state index is 13.4. The second kappa shape index (κ2) is 13.0. The maximum Gasteiger partial charge on any atom is 0.305 e. The molecule has 0 N–H and O–H groups in total. The summed E-state index contributed by atoms with van der Waals surface area (Å²) in [4.78, 5) is 38.1. The smallest absolute Gasteiger partial charge is 0.305 e. The van der Waals surface area contributed by atoms with Gasteiger partial charge in [0.1, 0.15) is 11.9 Å². The van der Waals surface area contributed by atoms with E-state index in [0.717, 1.165) is 32.0 Å². The number of hydrogen-bond donors (Lipinski definition) is 0. The van der Waals surface area contributed by atoms with E-state index in [0.29, 0.717) is 6.42 Å². The van der Waals surface area contributed by atoms with E-state index in [1.54, 1.807) is 23.5 Å². The Morgan fingerprint density at radius 3 is 2.17 bits per heavy atom. The van der Waals surface area contributed by atoms with Gasteiger partial charge in [-0.2, -0.15) is 11.8 Å². The van der Waals surface area contributed by atoms with E-state index in [1.807, 2.05) is 37.4 Å². The summed E-state index contributed by atoms with van der Waals surface area (Å²) in [6, 6.07) is 16.5. The summed E-state index contributed by atoms with van der Waals surface area (Å²) in [6.07, 6.45) is -1.42. The van der Waals surface area contributed by atoms with Crippen LogP contribution in [0.1, 0.15) is 48.4 Å². The lowest BCUT2D eigenvalue weighted by Gasteiger charge is -2.44. The second-order valence-electron chi connectivity index (χ2n) is 9.52. The molecule has 4 rings (SSSR count). The van der Waals surface area contributed by atoms with Gasteiger partial charge in [0.2, 0.25) is 12.4 Å². The van der Waals surface area contributed by atoms with Crippen LogP contribution in [0.4, 0.5) is 4.39 Å². The summed E-state index contributed by atoms with van der Waals surface area (Å²) < 4.78 is 36.1. The number of carbonyl (C=O) groups excluding carboxylic acids is 3. The Labute approximate surface area is 241 Å². The highest BCUT2D eigenvalue weighted by Crippen LogP contribution is 2.42. The van der Waals surface area contributed by atoms with Crippen LogP contribution < -0.4 is 0 Å². The molecule has 0 saturated carbocycles. The highest BCUT2D eigenvalue weighted by Gasteiger charge is 2.51. The first-order valence-electron chi connectivity index (χ1n) is 12.7. The molecule has 40 heavy (non-hydrogen) atoms. The summed E-state index contributed by atoms with van der Waals surface area (Å²) in [6.45, 7) is 5.77. The first-order chi connectivity index (χ1) is 19.0. The summed E-state index contributed by atoms with van der Waals surface area (Å²) in [5.41, 5.74) is 3.93. The molecule has 0 amide bonds. The van der Waals surface area contributed by atoms with E-state index in [1.165, 1.54) is 44.7 Å². The zero-order chi connectivity index (χ0) is 29.0. The molecule has 1 fully saturated rings. The molecule has 10 heteroatoms. The van der Waals surface area contributed by atoms with Crippen LogP contribution in [0.25, 0.3) is 10.4 Å². The molecule has 1 unspecified atom stereocenters. The average Bonchev–Trinajstić information content (AvgIpc) is 3.35. The molecule has 1 aliphatic heterocycles. The van der Waals surface area contributed by atoms with Crippen LogP contribution in [-0.4, -0.2) is 47.9 Å². The predicted octanol–water partition coefficient (Wildman–Crippen LogP) is 6.01. The molecular formula is C30H31FO7S2. The van der Waals surface area contributed by atoms with E-state index < -0.39 is 47.8 Å². The number of thioether (sulfide) groups is 1. The maximum atomic E-state index is 13.4. The highest BCUT2D eigenvalue weighted by molar-refractivity contribution is 7.99. The number of halogens is 1. The predicted molar refractivity (Wildman–Crippen MR) is 151 cm³/mol. The Balaban J connectivity index is 1.66. The Kier molecular flexibility index (Phi) is 9.65. The van der Waals surface area contributed by atoms with Crippen LogP contribution >= 0.6 is 23.1 Å². The lowest BCUT2D eigenvalue weighted by Crippen LogP contribution is -2.57. The van der Waals surface area contributed by atoms with Gasteiger partial charge in [0.05, 0.1) is 5.25 Å². The Morgan fingerprint density at radius 2 is 1.55 bits per heavy atom. The van der Waals surface area contributed by atoms with Crippen LogP contribution in [-0.2, 0) is 39.8 Å². The molecule has 1 saturated heterocycles. The number of rotatable bonds is 8. The van der Waals surface area contributed by atoms with Crippen LogP contribution in [0, 0.1) is 12.7 Å². The summed E-state index contributed by atoms with van der Waals surface area (Å²) in [5, 5.41) is -0.456. The third-order valence-electron chi connectivity index (χ3n) is 6.51. The van der Waals surface area contributed by atoms with Crippen molar-refractivity contribution >= 4 is 41.0 Å². The molecule has 0 bridgehead atoms. The second-order valence-corrected chi connectivity index (χ2v) is 11.7. The molecule has 1 aromatic heterocycles. The lowest BCUT2D eigenvalue weighted by atomic mass is 9.92. The standard InChI is InChI=1S/C30H31FO7S2/c1-16-6-7-21(14-22(16)15-24-12-13-25(40-24)20-8-10-23(31)11-9-20)26-29(39-5)27(35-17(2)32)28(36-18(3)33)30(38-26)37-19(4)34/h6-14,26-30H,15H2,1-5H3/t26?,27-,28-,29-,30-/m0/s1.